The van der Waals surface area contributed by atoms with Gasteiger partial charge in [0.1, 0.15) is 6.10 Å². The van der Waals surface area contributed by atoms with E-state index in [9.17, 15) is 14.6 Å². The zero-order chi connectivity index (χ0) is 23.0. The van der Waals surface area contributed by atoms with Gasteiger partial charge in [0, 0.05) is 13.2 Å². The highest BCUT2D eigenvalue weighted by molar-refractivity contribution is 7.47. The summed E-state index contributed by atoms with van der Waals surface area (Å²) < 4.78 is 26.6. The molecule has 7 nitrogen and oxygen atoms in total. The van der Waals surface area contributed by atoms with Gasteiger partial charge in [-0.3, -0.25) is 9.05 Å². The lowest BCUT2D eigenvalue weighted by Gasteiger charge is -2.18. The number of unbranched alkanes of at least 4 members (excludes halogenated alkanes) is 15. The van der Waals surface area contributed by atoms with Crippen molar-refractivity contribution in [1.82, 2.24) is 0 Å². The fourth-order valence-electron chi connectivity index (χ4n) is 3.47. The van der Waals surface area contributed by atoms with Gasteiger partial charge in [-0.05, 0) is 6.42 Å². The average Bonchev–Trinajstić information content (AvgIpc) is 2.76. The summed E-state index contributed by atoms with van der Waals surface area (Å²) in [4.78, 5) is 9.49. The van der Waals surface area contributed by atoms with Crippen LogP contribution in [-0.4, -0.2) is 49.1 Å². The predicted molar refractivity (Wildman–Crippen MR) is 127 cm³/mol. The van der Waals surface area contributed by atoms with Crippen LogP contribution >= 0.6 is 7.82 Å². The van der Waals surface area contributed by atoms with Gasteiger partial charge in [-0.2, -0.15) is 0 Å². The van der Waals surface area contributed by atoms with Crippen LogP contribution in [0.2, 0.25) is 0 Å². The highest BCUT2D eigenvalue weighted by Gasteiger charge is 2.26. The molecule has 8 heteroatoms. The first-order valence-corrected chi connectivity index (χ1v) is 14.1. The summed E-state index contributed by atoms with van der Waals surface area (Å²) in [6.45, 7) is 2.52. The van der Waals surface area contributed by atoms with Crippen LogP contribution in [0, 0.1) is 0 Å². The summed E-state index contributed by atoms with van der Waals surface area (Å²) in [7, 11) is -4.20. The highest BCUT2D eigenvalue weighted by Crippen LogP contribution is 2.44. The zero-order valence-electron chi connectivity index (χ0n) is 20.0. The van der Waals surface area contributed by atoms with Crippen molar-refractivity contribution in [3.05, 3.63) is 0 Å². The standard InChI is InChI=1S/C23H50NO6P/c1-2-3-4-5-6-7-8-9-10-11-12-13-14-15-16-17-19-28-22-23(21-25)30-31(26,27)29-20-18-24/h23,25H,2-22,24H2,1H3,(H,26,27)/t23-/m0/s1. The van der Waals surface area contributed by atoms with E-state index in [-0.39, 0.29) is 19.8 Å². The average molecular weight is 468 g/mol. The van der Waals surface area contributed by atoms with Crippen LogP contribution in [0.1, 0.15) is 110 Å². The largest absolute Gasteiger partial charge is 0.472 e. The Balaban J connectivity index is 3.36. The minimum atomic E-state index is -4.20. The summed E-state index contributed by atoms with van der Waals surface area (Å²) in [5.41, 5.74) is 5.22. The Kier molecular flexibility index (Phi) is 23.2. The van der Waals surface area contributed by atoms with Crippen LogP contribution < -0.4 is 5.73 Å². The quantitative estimate of drug-likeness (QED) is 0.116. The van der Waals surface area contributed by atoms with Gasteiger partial charge >= 0.3 is 7.82 Å². The third-order valence-corrected chi connectivity index (χ3v) is 6.38. The lowest BCUT2D eigenvalue weighted by molar-refractivity contribution is -0.00109. The molecule has 0 aliphatic heterocycles. The molecule has 4 N–H and O–H groups in total. The van der Waals surface area contributed by atoms with Crippen LogP contribution in [-0.2, 0) is 18.3 Å². The van der Waals surface area contributed by atoms with Gasteiger partial charge in [0.15, 0.2) is 0 Å². The van der Waals surface area contributed by atoms with E-state index in [0.717, 1.165) is 12.8 Å². The number of hydrogen-bond acceptors (Lipinski definition) is 6. The smallest absolute Gasteiger partial charge is 0.394 e. The molecular formula is C23H50NO6P. The summed E-state index contributed by atoms with van der Waals surface area (Å²) in [5.74, 6) is 0. The molecule has 0 amide bonds. The molecule has 1 unspecified atom stereocenters. The van der Waals surface area contributed by atoms with Crippen LogP contribution in [0.3, 0.4) is 0 Å². The Hall–Kier alpha value is -0.0100. The Morgan fingerprint density at radius 1 is 0.774 bits per heavy atom. The summed E-state index contributed by atoms with van der Waals surface area (Å²) in [5, 5.41) is 9.24. The fraction of sp³-hybridized carbons (Fsp3) is 1.00. The van der Waals surface area contributed by atoms with Crippen molar-refractivity contribution < 1.29 is 28.3 Å². The summed E-state index contributed by atoms with van der Waals surface area (Å²) in [6.07, 6.45) is 20.3. The molecular weight excluding hydrogens is 417 g/mol. The summed E-state index contributed by atoms with van der Waals surface area (Å²) in [6, 6.07) is 0. The van der Waals surface area contributed by atoms with Gasteiger partial charge in [0.25, 0.3) is 0 Å². The van der Waals surface area contributed by atoms with Crippen LogP contribution in [0.5, 0.6) is 0 Å². The maximum absolute atomic E-state index is 11.6. The van der Waals surface area contributed by atoms with E-state index in [1.165, 1.54) is 89.9 Å². The fourth-order valence-corrected chi connectivity index (χ4v) is 4.37. The first kappa shape index (κ1) is 31.0. The molecule has 0 aliphatic carbocycles. The lowest BCUT2D eigenvalue weighted by atomic mass is 10.0. The van der Waals surface area contributed by atoms with E-state index in [4.69, 9.17) is 15.0 Å². The number of phosphoric acid groups is 1. The van der Waals surface area contributed by atoms with Crippen molar-refractivity contribution in [3.8, 4) is 0 Å². The van der Waals surface area contributed by atoms with Crippen molar-refractivity contribution in [3.63, 3.8) is 0 Å². The molecule has 0 saturated heterocycles. The molecule has 0 aliphatic rings. The topological polar surface area (TPSA) is 111 Å². The van der Waals surface area contributed by atoms with Crippen molar-refractivity contribution in [2.45, 2.75) is 116 Å². The number of hydrogen-bond donors (Lipinski definition) is 3. The molecule has 0 radical (unpaired) electrons. The van der Waals surface area contributed by atoms with E-state index >= 15 is 0 Å². The Morgan fingerprint density at radius 3 is 1.65 bits per heavy atom. The van der Waals surface area contributed by atoms with Crippen molar-refractivity contribution in [2.75, 3.05) is 33.0 Å². The van der Waals surface area contributed by atoms with Gasteiger partial charge < -0.3 is 20.5 Å². The van der Waals surface area contributed by atoms with E-state index in [0.29, 0.717) is 6.61 Å². The Bertz CT molecular complexity index is 414. The molecule has 0 aromatic rings. The first-order valence-electron chi connectivity index (χ1n) is 12.6. The van der Waals surface area contributed by atoms with E-state index in [1.54, 1.807) is 0 Å². The number of rotatable bonds is 25. The Morgan fingerprint density at radius 2 is 1.23 bits per heavy atom. The third-order valence-electron chi connectivity index (χ3n) is 5.30. The monoisotopic (exact) mass is 467 g/mol. The molecule has 31 heavy (non-hydrogen) atoms. The minimum Gasteiger partial charge on any atom is -0.394 e. The molecule has 0 spiro atoms. The highest BCUT2D eigenvalue weighted by atomic mass is 31.2. The van der Waals surface area contributed by atoms with E-state index < -0.39 is 20.5 Å². The normalized spacial score (nSPS) is 14.6. The number of phosphoric ester groups is 1. The number of aliphatic hydroxyl groups is 1. The minimum absolute atomic E-state index is 0.0613. The molecule has 0 aromatic heterocycles. The van der Waals surface area contributed by atoms with Crippen molar-refractivity contribution >= 4 is 7.82 Å². The van der Waals surface area contributed by atoms with Gasteiger partial charge in [-0.15, -0.1) is 0 Å². The molecule has 0 rings (SSSR count). The third kappa shape index (κ3) is 23.0. The number of nitrogens with two attached hydrogens (primary N) is 1. The Labute approximate surface area is 191 Å². The van der Waals surface area contributed by atoms with Gasteiger partial charge in [0.2, 0.25) is 0 Å². The number of aliphatic hydroxyl groups excluding tert-OH is 1. The van der Waals surface area contributed by atoms with E-state index in [1.807, 2.05) is 0 Å². The molecule has 0 bridgehead atoms. The SMILES string of the molecule is CCCCCCCCCCCCCCCCCCOC[C@H](CO)OP(=O)(O)OCCN. The molecule has 188 valence electrons. The molecule has 0 aromatic carbocycles. The van der Waals surface area contributed by atoms with Gasteiger partial charge in [0.05, 0.1) is 19.8 Å². The van der Waals surface area contributed by atoms with Gasteiger partial charge in [-0.1, -0.05) is 103 Å². The number of ether oxygens (including phenoxy) is 1. The maximum atomic E-state index is 11.6. The second-order valence-electron chi connectivity index (χ2n) is 8.38. The maximum Gasteiger partial charge on any atom is 0.472 e. The molecule has 0 fully saturated rings. The lowest BCUT2D eigenvalue weighted by Crippen LogP contribution is -2.24. The van der Waals surface area contributed by atoms with E-state index in [2.05, 4.69) is 11.4 Å². The van der Waals surface area contributed by atoms with Crippen LogP contribution in [0.25, 0.3) is 0 Å². The second-order valence-corrected chi connectivity index (χ2v) is 9.78. The molecule has 2 atom stereocenters. The van der Waals surface area contributed by atoms with Crippen molar-refractivity contribution in [1.29, 1.82) is 0 Å². The second kappa shape index (κ2) is 23.2. The molecule has 0 heterocycles. The van der Waals surface area contributed by atoms with Gasteiger partial charge in [-0.25, -0.2) is 4.57 Å². The van der Waals surface area contributed by atoms with Crippen molar-refractivity contribution in [2.24, 2.45) is 5.73 Å². The van der Waals surface area contributed by atoms with Crippen LogP contribution in [0.4, 0.5) is 0 Å². The predicted octanol–water partition coefficient (Wildman–Crippen LogP) is 5.72. The zero-order valence-corrected chi connectivity index (χ0v) is 20.9. The van der Waals surface area contributed by atoms with Crippen LogP contribution in [0.15, 0.2) is 0 Å². The summed E-state index contributed by atoms with van der Waals surface area (Å²) >= 11 is 0. The molecule has 0 saturated carbocycles. The first-order chi connectivity index (χ1) is 15.1.